The number of carbonyl (C=O) groups is 1. The van der Waals surface area contributed by atoms with E-state index in [-0.39, 0.29) is 6.09 Å². The van der Waals surface area contributed by atoms with Crippen LogP contribution in [0.3, 0.4) is 0 Å². The van der Waals surface area contributed by atoms with E-state index in [0.29, 0.717) is 22.8 Å². The number of amides is 1. The van der Waals surface area contributed by atoms with Gasteiger partial charge in [0.1, 0.15) is 5.60 Å². The third-order valence-electron chi connectivity index (χ3n) is 5.80. The summed E-state index contributed by atoms with van der Waals surface area (Å²) < 4.78 is 5.50. The van der Waals surface area contributed by atoms with Crippen LogP contribution in [0.4, 0.5) is 4.79 Å². The lowest BCUT2D eigenvalue weighted by atomic mass is 9.98. The minimum atomic E-state index is -0.412. The van der Waals surface area contributed by atoms with Gasteiger partial charge in [-0.3, -0.25) is 0 Å². The highest BCUT2D eigenvalue weighted by Gasteiger charge is 2.64. The first-order valence-corrected chi connectivity index (χ1v) is 8.66. The molecule has 4 heteroatoms. The molecule has 128 valence electrons. The predicted molar refractivity (Wildman–Crippen MR) is 89.9 cm³/mol. The van der Waals surface area contributed by atoms with E-state index in [1.54, 1.807) is 0 Å². The van der Waals surface area contributed by atoms with Gasteiger partial charge in [0.15, 0.2) is 0 Å². The van der Waals surface area contributed by atoms with E-state index in [1.807, 2.05) is 25.7 Å². The first kappa shape index (κ1) is 17.6. The van der Waals surface area contributed by atoms with Crippen LogP contribution in [-0.4, -0.2) is 42.3 Å². The quantitative estimate of drug-likeness (QED) is 0.865. The first-order valence-electron chi connectivity index (χ1n) is 8.66. The zero-order valence-corrected chi connectivity index (χ0v) is 15.5. The number of nitrogens with one attached hydrogen (secondary N) is 1. The molecule has 1 unspecified atom stereocenters. The number of ether oxygens (including phenoxy) is 1. The zero-order valence-electron chi connectivity index (χ0n) is 15.5. The van der Waals surface area contributed by atoms with Crippen molar-refractivity contribution in [1.29, 1.82) is 0 Å². The van der Waals surface area contributed by atoms with Crippen LogP contribution in [0.15, 0.2) is 0 Å². The van der Waals surface area contributed by atoms with Crippen LogP contribution in [0.2, 0.25) is 0 Å². The lowest BCUT2D eigenvalue weighted by molar-refractivity contribution is 0.0166. The third kappa shape index (κ3) is 3.58. The van der Waals surface area contributed by atoms with E-state index < -0.39 is 5.60 Å². The Kier molecular flexibility index (Phi) is 4.55. The minimum Gasteiger partial charge on any atom is -0.444 e. The SMILES string of the molecule is CC(C)(C)OC(=O)N1CCCC(CNC2C(C)(C)C2(C)C)C1. The summed E-state index contributed by atoms with van der Waals surface area (Å²) in [5.74, 6) is 0.536. The molecule has 1 aliphatic heterocycles. The molecule has 2 aliphatic rings. The second-order valence-corrected chi connectivity index (χ2v) is 9.22. The van der Waals surface area contributed by atoms with Crippen molar-refractivity contribution in [3.8, 4) is 0 Å². The van der Waals surface area contributed by atoms with Gasteiger partial charge in [-0.1, -0.05) is 27.7 Å². The fourth-order valence-electron chi connectivity index (χ4n) is 3.72. The van der Waals surface area contributed by atoms with Crippen molar-refractivity contribution in [3.05, 3.63) is 0 Å². The summed E-state index contributed by atoms with van der Waals surface area (Å²) in [5, 5.41) is 3.74. The average molecular weight is 310 g/mol. The second kappa shape index (κ2) is 5.70. The van der Waals surface area contributed by atoms with Gasteiger partial charge in [0, 0.05) is 19.1 Å². The molecule has 22 heavy (non-hydrogen) atoms. The van der Waals surface area contributed by atoms with E-state index in [2.05, 4.69) is 33.0 Å². The van der Waals surface area contributed by atoms with E-state index in [1.165, 1.54) is 6.42 Å². The summed E-state index contributed by atoms with van der Waals surface area (Å²) in [6.45, 7) is 17.7. The summed E-state index contributed by atoms with van der Waals surface area (Å²) in [5.41, 5.74) is 0.323. The van der Waals surface area contributed by atoms with Crippen molar-refractivity contribution in [2.75, 3.05) is 19.6 Å². The molecule has 1 amide bonds. The first-order chi connectivity index (χ1) is 9.95. The van der Waals surface area contributed by atoms with Gasteiger partial charge in [-0.15, -0.1) is 0 Å². The summed E-state index contributed by atoms with van der Waals surface area (Å²) in [6, 6.07) is 0.580. The third-order valence-corrected chi connectivity index (χ3v) is 5.80. The van der Waals surface area contributed by atoms with Crippen molar-refractivity contribution < 1.29 is 9.53 Å². The molecule has 2 rings (SSSR count). The van der Waals surface area contributed by atoms with Gasteiger partial charge < -0.3 is 15.0 Å². The number of piperidine rings is 1. The smallest absolute Gasteiger partial charge is 0.410 e. The van der Waals surface area contributed by atoms with E-state index >= 15 is 0 Å². The molecule has 1 N–H and O–H groups in total. The highest BCUT2D eigenvalue weighted by molar-refractivity contribution is 5.68. The maximum atomic E-state index is 12.2. The number of nitrogens with zero attached hydrogens (tertiary/aromatic N) is 1. The largest absolute Gasteiger partial charge is 0.444 e. The molecule has 0 aromatic carbocycles. The normalized spacial score (nSPS) is 27.6. The molecule has 1 atom stereocenters. The summed E-state index contributed by atoms with van der Waals surface area (Å²) in [4.78, 5) is 14.1. The van der Waals surface area contributed by atoms with Gasteiger partial charge in [0.25, 0.3) is 0 Å². The van der Waals surface area contributed by atoms with E-state index in [0.717, 1.165) is 26.1 Å². The Morgan fingerprint density at radius 2 is 1.82 bits per heavy atom. The Labute approximate surface area is 136 Å². The van der Waals surface area contributed by atoms with Gasteiger partial charge in [-0.05, 0) is 56.9 Å². The van der Waals surface area contributed by atoms with Gasteiger partial charge in [-0.2, -0.15) is 0 Å². The zero-order chi connectivity index (χ0) is 16.8. The van der Waals surface area contributed by atoms with Gasteiger partial charge >= 0.3 is 6.09 Å². The average Bonchev–Trinajstić information content (AvgIpc) is 2.75. The van der Waals surface area contributed by atoms with Gasteiger partial charge in [-0.25, -0.2) is 4.79 Å². The molecular formula is C18H34N2O2. The molecule has 0 aromatic heterocycles. The number of rotatable bonds is 3. The second-order valence-electron chi connectivity index (χ2n) is 9.22. The number of hydrogen-bond donors (Lipinski definition) is 1. The molecule has 0 radical (unpaired) electrons. The lowest BCUT2D eigenvalue weighted by Crippen LogP contribution is -2.45. The standard InChI is InChI=1S/C18H34N2O2/c1-16(2,3)22-15(21)20-10-8-9-13(12-20)11-19-14-17(4,5)18(14,6)7/h13-14,19H,8-12H2,1-7H3. The molecule has 1 heterocycles. The Bertz CT molecular complexity index is 409. The Hall–Kier alpha value is -0.770. The van der Waals surface area contributed by atoms with Crippen molar-refractivity contribution in [1.82, 2.24) is 10.2 Å². The maximum absolute atomic E-state index is 12.2. The van der Waals surface area contributed by atoms with E-state index in [4.69, 9.17) is 4.74 Å². The van der Waals surface area contributed by atoms with Crippen molar-refractivity contribution in [3.63, 3.8) is 0 Å². The van der Waals surface area contributed by atoms with Crippen LogP contribution in [0, 0.1) is 16.7 Å². The molecule has 1 aliphatic carbocycles. The molecule has 0 spiro atoms. The fraction of sp³-hybridized carbons (Fsp3) is 0.944. The maximum Gasteiger partial charge on any atom is 0.410 e. The van der Waals surface area contributed by atoms with Crippen LogP contribution in [-0.2, 0) is 4.74 Å². The van der Waals surface area contributed by atoms with Crippen LogP contribution in [0.1, 0.15) is 61.3 Å². The van der Waals surface area contributed by atoms with Crippen LogP contribution >= 0.6 is 0 Å². The Balaban J connectivity index is 1.81. The fourth-order valence-corrected chi connectivity index (χ4v) is 3.72. The van der Waals surface area contributed by atoms with Gasteiger partial charge in [0.2, 0.25) is 0 Å². The van der Waals surface area contributed by atoms with Crippen molar-refractivity contribution in [2.24, 2.45) is 16.7 Å². The minimum absolute atomic E-state index is 0.163. The number of likely N-dealkylation sites (tertiary alicyclic amines) is 1. The monoisotopic (exact) mass is 310 g/mol. The molecule has 4 nitrogen and oxygen atoms in total. The highest BCUT2D eigenvalue weighted by Crippen LogP contribution is 2.62. The summed E-state index contributed by atoms with van der Waals surface area (Å²) >= 11 is 0. The van der Waals surface area contributed by atoms with E-state index in [9.17, 15) is 4.79 Å². The number of hydrogen-bond acceptors (Lipinski definition) is 3. The molecule has 2 fully saturated rings. The molecular weight excluding hydrogens is 276 g/mol. The Morgan fingerprint density at radius 1 is 1.23 bits per heavy atom. The summed E-state index contributed by atoms with van der Waals surface area (Å²) in [7, 11) is 0. The molecule has 1 saturated carbocycles. The van der Waals surface area contributed by atoms with Crippen molar-refractivity contribution >= 4 is 6.09 Å². The highest BCUT2D eigenvalue weighted by atomic mass is 16.6. The van der Waals surface area contributed by atoms with Crippen LogP contribution in [0.25, 0.3) is 0 Å². The molecule has 1 saturated heterocycles. The molecule has 0 aromatic rings. The lowest BCUT2D eigenvalue weighted by Gasteiger charge is -2.34. The van der Waals surface area contributed by atoms with Gasteiger partial charge in [0.05, 0.1) is 0 Å². The van der Waals surface area contributed by atoms with Crippen molar-refractivity contribution in [2.45, 2.75) is 73.0 Å². The topological polar surface area (TPSA) is 41.6 Å². The Morgan fingerprint density at radius 3 is 2.32 bits per heavy atom. The molecule has 0 bridgehead atoms. The van der Waals surface area contributed by atoms with Crippen LogP contribution < -0.4 is 5.32 Å². The predicted octanol–water partition coefficient (Wildman–Crippen LogP) is 3.66. The number of carbonyl (C=O) groups excluding carboxylic acids is 1. The summed E-state index contributed by atoms with van der Waals surface area (Å²) in [6.07, 6.45) is 2.10. The van der Waals surface area contributed by atoms with Crippen LogP contribution in [0.5, 0.6) is 0 Å².